The van der Waals surface area contributed by atoms with Gasteiger partial charge in [-0.05, 0) is 74.3 Å². The zero-order valence-electron chi connectivity index (χ0n) is 25.3. The van der Waals surface area contributed by atoms with Crippen molar-refractivity contribution in [1.82, 2.24) is 14.9 Å². The molecule has 0 atom stereocenters. The molecule has 2 N–H and O–H groups in total. The standard InChI is InChI=1S/C33H35F3N6O3/c1-4-16-41-17-19-42(20-18-41)25-14-12-24(13-15-25)38-32-37-21-26(30(43)39-29-22(2)8-7-9-23(29)3)31(40-32)44-27-10-5-6-11-28(27)45-33(34,35)36/h5-15,21H,4,16-20H2,1-3H3,(H,39,43)(H,37,38,40). The summed E-state index contributed by atoms with van der Waals surface area (Å²) in [5, 5.41) is 5.95. The normalized spacial score (nSPS) is 13.8. The van der Waals surface area contributed by atoms with Crippen molar-refractivity contribution in [2.75, 3.05) is 48.3 Å². The van der Waals surface area contributed by atoms with Crippen LogP contribution >= 0.6 is 0 Å². The maximum atomic E-state index is 13.4. The molecule has 1 aromatic heterocycles. The van der Waals surface area contributed by atoms with Crippen molar-refractivity contribution in [3.63, 3.8) is 0 Å². The van der Waals surface area contributed by atoms with Crippen LogP contribution in [0.1, 0.15) is 34.8 Å². The van der Waals surface area contributed by atoms with E-state index in [4.69, 9.17) is 4.74 Å². The minimum absolute atomic E-state index is 0.0809. The van der Waals surface area contributed by atoms with Gasteiger partial charge in [-0.1, -0.05) is 37.3 Å². The van der Waals surface area contributed by atoms with E-state index >= 15 is 0 Å². The topological polar surface area (TPSA) is 91.9 Å². The van der Waals surface area contributed by atoms with Crippen molar-refractivity contribution < 1.29 is 27.4 Å². The molecule has 3 aromatic carbocycles. The van der Waals surface area contributed by atoms with Crippen molar-refractivity contribution in [3.05, 3.63) is 89.6 Å². The zero-order chi connectivity index (χ0) is 32.0. The number of piperazine rings is 1. The molecule has 9 nitrogen and oxygen atoms in total. The molecule has 0 unspecified atom stereocenters. The number of carbonyl (C=O) groups excluding carboxylic acids is 1. The maximum Gasteiger partial charge on any atom is 0.573 e. The molecule has 4 aromatic rings. The van der Waals surface area contributed by atoms with Crippen LogP contribution < -0.4 is 25.0 Å². The number of alkyl halides is 3. The first-order chi connectivity index (χ1) is 21.6. The van der Waals surface area contributed by atoms with Crippen LogP contribution in [0.2, 0.25) is 0 Å². The number of carbonyl (C=O) groups is 1. The Morgan fingerprint density at radius 1 is 0.911 bits per heavy atom. The molecule has 1 fully saturated rings. The molecule has 1 aliphatic heterocycles. The molecule has 5 rings (SSSR count). The number of amides is 1. The van der Waals surface area contributed by atoms with Crippen molar-refractivity contribution in [2.45, 2.75) is 33.6 Å². The van der Waals surface area contributed by atoms with Crippen LogP contribution in [0.25, 0.3) is 0 Å². The van der Waals surface area contributed by atoms with Gasteiger partial charge in [-0.2, -0.15) is 4.98 Å². The van der Waals surface area contributed by atoms with Crippen LogP contribution in [0.5, 0.6) is 17.4 Å². The van der Waals surface area contributed by atoms with E-state index in [9.17, 15) is 18.0 Å². The van der Waals surface area contributed by atoms with Gasteiger partial charge in [0.05, 0.1) is 0 Å². The number of nitrogens with zero attached hydrogens (tertiary/aromatic N) is 4. The van der Waals surface area contributed by atoms with Gasteiger partial charge < -0.3 is 25.0 Å². The molecule has 1 saturated heterocycles. The van der Waals surface area contributed by atoms with Crippen LogP contribution in [0.4, 0.5) is 36.2 Å². The van der Waals surface area contributed by atoms with E-state index in [1.807, 2.05) is 56.3 Å². The van der Waals surface area contributed by atoms with Crippen molar-refractivity contribution >= 4 is 28.9 Å². The highest BCUT2D eigenvalue weighted by Crippen LogP contribution is 2.36. The molecular weight excluding hydrogens is 585 g/mol. The zero-order valence-corrected chi connectivity index (χ0v) is 25.3. The number of nitrogens with one attached hydrogen (secondary N) is 2. The van der Waals surface area contributed by atoms with E-state index in [-0.39, 0.29) is 23.1 Å². The Kier molecular flexibility index (Phi) is 9.72. The van der Waals surface area contributed by atoms with Gasteiger partial charge in [-0.25, -0.2) is 4.98 Å². The molecule has 0 aliphatic carbocycles. The Labute approximate surface area is 260 Å². The number of hydrogen-bond acceptors (Lipinski definition) is 8. The minimum atomic E-state index is -4.95. The Morgan fingerprint density at radius 2 is 1.58 bits per heavy atom. The van der Waals surface area contributed by atoms with Gasteiger partial charge in [0.1, 0.15) is 5.56 Å². The van der Waals surface area contributed by atoms with Crippen LogP contribution in [-0.4, -0.2) is 59.9 Å². The smallest absolute Gasteiger partial charge is 0.434 e. The predicted octanol–water partition coefficient (Wildman–Crippen LogP) is 7.31. The summed E-state index contributed by atoms with van der Waals surface area (Å²) in [5.41, 5.74) is 3.97. The summed E-state index contributed by atoms with van der Waals surface area (Å²) < 4.78 is 49.3. The first-order valence-electron chi connectivity index (χ1n) is 14.7. The highest BCUT2D eigenvalue weighted by Gasteiger charge is 2.33. The van der Waals surface area contributed by atoms with Gasteiger partial charge >= 0.3 is 6.36 Å². The molecule has 45 heavy (non-hydrogen) atoms. The van der Waals surface area contributed by atoms with E-state index < -0.39 is 18.0 Å². The van der Waals surface area contributed by atoms with E-state index in [0.29, 0.717) is 11.4 Å². The quantitative estimate of drug-likeness (QED) is 0.191. The second-order valence-corrected chi connectivity index (χ2v) is 10.7. The highest BCUT2D eigenvalue weighted by molar-refractivity contribution is 6.06. The number of aromatic nitrogens is 2. The lowest BCUT2D eigenvalue weighted by atomic mass is 10.1. The van der Waals surface area contributed by atoms with Crippen molar-refractivity contribution in [1.29, 1.82) is 0 Å². The largest absolute Gasteiger partial charge is 0.573 e. The summed E-state index contributed by atoms with van der Waals surface area (Å²) in [6.45, 7) is 10.9. The Morgan fingerprint density at radius 3 is 2.22 bits per heavy atom. The van der Waals surface area contributed by atoms with Crippen molar-refractivity contribution in [2.24, 2.45) is 0 Å². The molecule has 236 valence electrons. The van der Waals surface area contributed by atoms with Gasteiger partial charge in [-0.3, -0.25) is 9.69 Å². The summed E-state index contributed by atoms with van der Waals surface area (Å²) in [4.78, 5) is 26.9. The lowest BCUT2D eigenvalue weighted by Gasteiger charge is -2.36. The van der Waals surface area contributed by atoms with Crippen LogP contribution in [0, 0.1) is 13.8 Å². The SMILES string of the molecule is CCCN1CCN(c2ccc(Nc3ncc(C(=O)Nc4c(C)cccc4C)c(Oc4ccccc4OC(F)(F)F)n3)cc2)CC1. The Hall–Kier alpha value is -4.84. The second-order valence-electron chi connectivity index (χ2n) is 10.7. The minimum Gasteiger partial charge on any atom is -0.434 e. The molecule has 0 saturated carbocycles. The van der Waals surface area contributed by atoms with Gasteiger partial charge in [-0.15, -0.1) is 13.2 Å². The summed E-state index contributed by atoms with van der Waals surface area (Å²) >= 11 is 0. The third-order valence-corrected chi connectivity index (χ3v) is 7.40. The molecular formula is C33H35F3N6O3. The lowest BCUT2D eigenvalue weighted by Crippen LogP contribution is -2.46. The molecule has 2 heterocycles. The van der Waals surface area contributed by atoms with E-state index in [1.165, 1.54) is 24.4 Å². The van der Waals surface area contributed by atoms with Gasteiger partial charge in [0.15, 0.2) is 11.5 Å². The summed E-state index contributed by atoms with van der Waals surface area (Å²) in [6.07, 6.45) is -2.54. The number of anilines is 4. The molecule has 0 spiro atoms. The van der Waals surface area contributed by atoms with Crippen LogP contribution in [0.15, 0.2) is 72.9 Å². The van der Waals surface area contributed by atoms with Gasteiger partial charge in [0, 0.05) is 49.4 Å². The maximum absolute atomic E-state index is 13.4. The summed E-state index contributed by atoms with van der Waals surface area (Å²) in [7, 11) is 0. The highest BCUT2D eigenvalue weighted by atomic mass is 19.4. The number of ether oxygens (including phenoxy) is 2. The molecule has 1 aliphatic rings. The third kappa shape index (κ3) is 8.21. The Balaban J connectivity index is 1.40. The fourth-order valence-electron chi connectivity index (χ4n) is 5.13. The van der Waals surface area contributed by atoms with Gasteiger partial charge in [0.2, 0.25) is 11.8 Å². The first-order valence-corrected chi connectivity index (χ1v) is 14.7. The van der Waals surface area contributed by atoms with Crippen LogP contribution in [-0.2, 0) is 0 Å². The molecule has 0 bridgehead atoms. The number of para-hydroxylation sites is 3. The van der Waals surface area contributed by atoms with E-state index in [1.54, 1.807) is 0 Å². The van der Waals surface area contributed by atoms with Gasteiger partial charge in [0.25, 0.3) is 5.91 Å². The monoisotopic (exact) mass is 620 g/mol. The average Bonchev–Trinajstić information content (AvgIpc) is 3.00. The number of aryl methyl sites for hydroxylation is 2. The summed E-state index contributed by atoms with van der Waals surface area (Å²) in [5.74, 6) is -1.61. The fraction of sp³-hybridized carbons (Fsp3) is 0.303. The second kappa shape index (κ2) is 13.9. The van der Waals surface area contributed by atoms with Crippen LogP contribution in [0.3, 0.4) is 0 Å². The predicted molar refractivity (Wildman–Crippen MR) is 168 cm³/mol. The number of halogens is 3. The molecule has 12 heteroatoms. The van der Waals surface area contributed by atoms with Crippen molar-refractivity contribution in [3.8, 4) is 17.4 Å². The van der Waals surface area contributed by atoms with E-state index in [2.05, 4.69) is 42.1 Å². The number of hydrogen-bond donors (Lipinski definition) is 2. The fourth-order valence-corrected chi connectivity index (χ4v) is 5.13. The summed E-state index contributed by atoms with van der Waals surface area (Å²) in [6, 6.07) is 18.7. The Bertz CT molecular complexity index is 1600. The number of benzene rings is 3. The first kappa shape index (κ1) is 31.6. The lowest BCUT2D eigenvalue weighted by molar-refractivity contribution is -0.275. The number of rotatable bonds is 10. The average molecular weight is 621 g/mol. The molecule has 1 amide bonds. The van der Waals surface area contributed by atoms with E-state index in [0.717, 1.165) is 62.0 Å². The molecule has 0 radical (unpaired) electrons. The third-order valence-electron chi connectivity index (χ3n) is 7.40.